The van der Waals surface area contributed by atoms with Crippen LogP contribution < -0.4 is 0 Å². The molecule has 72 valence electrons. The van der Waals surface area contributed by atoms with Crippen LogP contribution >= 0.6 is 22.9 Å². The number of hydrogen-bond donors (Lipinski definition) is 0. The van der Waals surface area contributed by atoms with E-state index >= 15 is 0 Å². The summed E-state index contributed by atoms with van der Waals surface area (Å²) in [5.74, 6) is -0.488. The van der Waals surface area contributed by atoms with Gasteiger partial charge in [-0.15, -0.1) is 11.3 Å². The van der Waals surface area contributed by atoms with Crippen LogP contribution in [0.15, 0.2) is 12.4 Å². The largest absolute Gasteiger partial charge is 0.249 e. The number of nitrogens with zero attached hydrogens (tertiary/aromatic N) is 3. The number of aryl methyl sites for hydroxylation is 1. The Hall–Kier alpha value is -1.07. The molecule has 0 atom stereocenters. The van der Waals surface area contributed by atoms with Gasteiger partial charge in [-0.05, 0) is 18.5 Å². The summed E-state index contributed by atoms with van der Waals surface area (Å²) in [5.41, 5.74) is 0.204. The molecule has 2 aromatic heterocycles. The lowest BCUT2D eigenvalue weighted by molar-refractivity contribution is 0.618. The summed E-state index contributed by atoms with van der Waals surface area (Å²) < 4.78 is 13.3. The Morgan fingerprint density at radius 2 is 2.14 bits per heavy atom. The summed E-state index contributed by atoms with van der Waals surface area (Å²) in [7, 11) is 0. The van der Waals surface area contributed by atoms with E-state index in [1.807, 2.05) is 6.92 Å². The molecule has 0 N–H and O–H groups in total. The van der Waals surface area contributed by atoms with Gasteiger partial charge in [-0.2, -0.15) is 0 Å². The molecule has 3 nitrogen and oxygen atoms in total. The van der Waals surface area contributed by atoms with Gasteiger partial charge >= 0.3 is 0 Å². The van der Waals surface area contributed by atoms with Crippen molar-refractivity contribution in [1.29, 1.82) is 0 Å². The zero-order valence-electron chi connectivity index (χ0n) is 7.16. The first-order chi connectivity index (χ1) is 6.66. The quantitative estimate of drug-likeness (QED) is 0.706. The molecule has 0 aromatic carbocycles. The Morgan fingerprint density at radius 1 is 1.36 bits per heavy atom. The summed E-state index contributed by atoms with van der Waals surface area (Å²) in [5, 5.41) is 0.890. The van der Waals surface area contributed by atoms with Gasteiger partial charge in [-0.3, -0.25) is 0 Å². The third-order valence-electron chi connectivity index (χ3n) is 1.57. The number of halogens is 2. The van der Waals surface area contributed by atoms with Crippen LogP contribution in [0.4, 0.5) is 4.39 Å². The summed E-state index contributed by atoms with van der Waals surface area (Å²) in [6, 6.07) is 0. The maximum Gasteiger partial charge on any atom is 0.223 e. The van der Waals surface area contributed by atoms with Crippen molar-refractivity contribution in [2.24, 2.45) is 0 Å². The number of rotatable bonds is 1. The topological polar surface area (TPSA) is 38.7 Å². The fourth-order valence-corrected chi connectivity index (χ4v) is 1.89. The molecule has 0 unspecified atom stereocenters. The van der Waals surface area contributed by atoms with E-state index in [4.69, 9.17) is 11.6 Å². The smallest absolute Gasteiger partial charge is 0.223 e. The monoisotopic (exact) mass is 229 g/mol. The first-order valence-electron chi connectivity index (χ1n) is 3.77. The van der Waals surface area contributed by atoms with Crippen LogP contribution in [0.3, 0.4) is 0 Å². The van der Waals surface area contributed by atoms with Gasteiger partial charge in [0.05, 0.1) is 16.1 Å². The highest BCUT2D eigenvalue weighted by molar-refractivity contribution is 7.15. The lowest BCUT2D eigenvalue weighted by Gasteiger charge is -1.97. The maximum atomic E-state index is 13.3. The summed E-state index contributed by atoms with van der Waals surface area (Å²) >= 11 is 6.93. The normalized spacial score (nSPS) is 10.5. The molecule has 0 radical (unpaired) electrons. The van der Waals surface area contributed by atoms with E-state index in [0.29, 0.717) is 4.88 Å². The molecule has 0 aliphatic rings. The van der Waals surface area contributed by atoms with E-state index in [1.54, 1.807) is 6.20 Å². The van der Waals surface area contributed by atoms with Crippen molar-refractivity contribution in [3.8, 4) is 10.6 Å². The summed E-state index contributed by atoms with van der Waals surface area (Å²) in [6.07, 6.45) is 2.63. The van der Waals surface area contributed by atoms with Crippen molar-refractivity contribution < 1.29 is 4.39 Å². The fourth-order valence-electron chi connectivity index (χ4n) is 0.989. The second kappa shape index (κ2) is 3.59. The average molecular weight is 230 g/mol. The highest BCUT2D eigenvalue weighted by Gasteiger charge is 2.10. The van der Waals surface area contributed by atoms with Crippen molar-refractivity contribution in [1.82, 2.24) is 15.0 Å². The van der Waals surface area contributed by atoms with Gasteiger partial charge in [0.25, 0.3) is 0 Å². The van der Waals surface area contributed by atoms with Crippen LogP contribution in [-0.4, -0.2) is 15.0 Å². The molecule has 0 saturated heterocycles. The van der Waals surface area contributed by atoms with Crippen molar-refractivity contribution in [2.75, 3.05) is 0 Å². The Bertz CT molecular complexity index is 471. The first-order valence-corrected chi connectivity index (χ1v) is 4.97. The Balaban J connectivity index is 2.55. The van der Waals surface area contributed by atoms with E-state index in [9.17, 15) is 4.39 Å². The zero-order valence-corrected chi connectivity index (χ0v) is 8.73. The van der Waals surface area contributed by atoms with Gasteiger partial charge in [0.1, 0.15) is 5.69 Å². The predicted molar refractivity (Wildman–Crippen MR) is 52.8 cm³/mol. The van der Waals surface area contributed by atoms with Gasteiger partial charge in [0.15, 0.2) is 5.82 Å². The molecular formula is C8H5ClFN3S. The average Bonchev–Trinajstić information content (AvgIpc) is 2.56. The SMILES string of the molecule is Cc1ncc(-c2nc(Cl)ncc2F)s1. The minimum absolute atomic E-state index is 0.0347. The van der Waals surface area contributed by atoms with Crippen LogP contribution in [0.1, 0.15) is 5.01 Å². The molecule has 0 fully saturated rings. The Kier molecular flexibility index (Phi) is 2.43. The number of aromatic nitrogens is 3. The van der Waals surface area contributed by atoms with Gasteiger partial charge in [-0.1, -0.05) is 0 Å². The molecule has 0 aliphatic heterocycles. The van der Waals surface area contributed by atoms with Crippen molar-refractivity contribution in [3.05, 3.63) is 28.5 Å². The van der Waals surface area contributed by atoms with Crippen molar-refractivity contribution >= 4 is 22.9 Å². The summed E-state index contributed by atoms with van der Waals surface area (Å²) in [6.45, 7) is 1.84. The lowest BCUT2D eigenvalue weighted by atomic mass is 10.3. The van der Waals surface area contributed by atoms with Crippen LogP contribution in [0.25, 0.3) is 10.6 Å². The van der Waals surface area contributed by atoms with E-state index in [2.05, 4.69) is 15.0 Å². The molecule has 0 bridgehead atoms. The summed E-state index contributed by atoms with van der Waals surface area (Å²) in [4.78, 5) is 12.0. The Labute approximate surface area is 88.6 Å². The van der Waals surface area contributed by atoms with Crippen molar-refractivity contribution in [3.63, 3.8) is 0 Å². The zero-order chi connectivity index (χ0) is 10.1. The molecule has 0 spiro atoms. The third kappa shape index (κ3) is 1.73. The third-order valence-corrected chi connectivity index (χ3v) is 2.67. The van der Waals surface area contributed by atoms with E-state index in [-0.39, 0.29) is 11.0 Å². The number of thiazole rings is 1. The standard InChI is InChI=1S/C8H5ClFN3S/c1-4-11-3-6(14-4)7-5(10)2-12-8(9)13-7/h2-3H,1H3. The van der Waals surface area contributed by atoms with Gasteiger partial charge in [-0.25, -0.2) is 19.3 Å². The number of hydrogen-bond acceptors (Lipinski definition) is 4. The predicted octanol–water partition coefficient (Wildman–Crippen LogP) is 2.70. The molecule has 0 aliphatic carbocycles. The van der Waals surface area contributed by atoms with E-state index in [1.165, 1.54) is 11.3 Å². The lowest BCUT2D eigenvalue weighted by Crippen LogP contribution is -1.90. The molecule has 6 heteroatoms. The van der Waals surface area contributed by atoms with Crippen LogP contribution in [0.2, 0.25) is 5.28 Å². The van der Waals surface area contributed by atoms with E-state index < -0.39 is 5.82 Å². The van der Waals surface area contributed by atoms with Crippen LogP contribution in [-0.2, 0) is 0 Å². The van der Waals surface area contributed by atoms with Gasteiger partial charge in [0, 0.05) is 6.20 Å². The fraction of sp³-hybridized carbons (Fsp3) is 0.125. The highest BCUT2D eigenvalue weighted by Crippen LogP contribution is 2.26. The molecule has 0 amide bonds. The molecular weight excluding hydrogens is 225 g/mol. The molecule has 2 aromatic rings. The Morgan fingerprint density at radius 3 is 2.79 bits per heavy atom. The molecule has 2 heterocycles. The first kappa shape index (κ1) is 9.48. The van der Waals surface area contributed by atoms with Crippen LogP contribution in [0.5, 0.6) is 0 Å². The highest BCUT2D eigenvalue weighted by atomic mass is 35.5. The molecule has 0 saturated carbocycles. The van der Waals surface area contributed by atoms with Crippen molar-refractivity contribution in [2.45, 2.75) is 6.92 Å². The molecule has 14 heavy (non-hydrogen) atoms. The van der Waals surface area contributed by atoms with Crippen LogP contribution in [0, 0.1) is 12.7 Å². The van der Waals surface area contributed by atoms with Gasteiger partial charge in [0.2, 0.25) is 5.28 Å². The minimum Gasteiger partial charge on any atom is -0.249 e. The van der Waals surface area contributed by atoms with E-state index in [0.717, 1.165) is 11.2 Å². The van der Waals surface area contributed by atoms with Gasteiger partial charge < -0.3 is 0 Å². The maximum absolute atomic E-state index is 13.3. The minimum atomic E-state index is -0.488. The second-order valence-electron chi connectivity index (χ2n) is 2.58. The second-order valence-corrected chi connectivity index (χ2v) is 4.15. The molecule has 2 rings (SSSR count).